The Hall–Kier alpha value is -3.20. The predicted octanol–water partition coefficient (Wildman–Crippen LogP) is -0.789. The molecule has 0 saturated carbocycles. The van der Waals surface area contributed by atoms with Gasteiger partial charge in [0.05, 0.1) is 12.9 Å². The summed E-state index contributed by atoms with van der Waals surface area (Å²) in [5.74, 6) is -1.43. The van der Waals surface area contributed by atoms with Crippen LogP contribution in [0.2, 0.25) is 0 Å². The summed E-state index contributed by atoms with van der Waals surface area (Å²) >= 11 is 0. The van der Waals surface area contributed by atoms with Crippen LogP contribution < -0.4 is 16.4 Å². The van der Waals surface area contributed by atoms with Gasteiger partial charge in [-0.2, -0.15) is 0 Å². The van der Waals surface area contributed by atoms with Crippen LogP contribution in [0.15, 0.2) is 42.9 Å². The molecular weight excluding hydrogens is 360 g/mol. The smallest absolute Gasteiger partial charge is 0.243 e. The van der Waals surface area contributed by atoms with Crippen molar-refractivity contribution in [1.82, 2.24) is 25.5 Å². The molecule has 28 heavy (non-hydrogen) atoms. The molecule has 0 fully saturated rings. The predicted molar refractivity (Wildman–Crippen MR) is 104 cm³/mol. The molecule has 0 unspecified atom stereocenters. The molecule has 9 nitrogen and oxygen atoms in total. The second-order valence-corrected chi connectivity index (χ2v) is 6.79. The van der Waals surface area contributed by atoms with Gasteiger partial charge in [-0.3, -0.25) is 14.4 Å². The molecule has 0 aliphatic carbocycles. The molecule has 2 aromatic rings. The molecule has 2 atom stereocenters. The number of carbonyl (C=O) groups is 3. The zero-order valence-corrected chi connectivity index (χ0v) is 16.0. The molecule has 9 heteroatoms. The number of aromatic amines is 1. The number of benzene rings is 1. The number of likely N-dealkylation sites (N-methyl/N-ethyl adjacent to an activating group) is 1. The van der Waals surface area contributed by atoms with Gasteiger partial charge in [-0.15, -0.1) is 0 Å². The number of rotatable bonds is 10. The quantitative estimate of drug-likeness (QED) is 0.425. The van der Waals surface area contributed by atoms with Gasteiger partial charge in [-0.1, -0.05) is 30.3 Å². The van der Waals surface area contributed by atoms with Gasteiger partial charge in [0, 0.05) is 24.7 Å². The zero-order valence-electron chi connectivity index (χ0n) is 16.0. The van der Waals surface area contributed by atoms with Crippen LogP contribution in [0.5, 0.6) is 0 Å². The van der Waals surface area contributed by atoms with Crippen molar-refractivity contribution < 1.29 is 14.4 Å². The minimum Gasteiger partial charge on any atom is -0.368 e. The maximum Gasteiger partial charge on any atom is 0.243 e. The van der Waals surface area contributed by atoms with E-state index in [1.165, 1.54) is 6.33 Å². The Labute approximate surface area is 163 Å². The fourth-order valence-electron chi connectivity index (χ4n) is 2.70. The number of primary amides is 1. The van der Waals surface area contributed by atoms with Crippen LogP contribution in [0, 0.1) is 0 Å². The van der Waals surface area contributed by atoms with Gasteiger partial charge in [0.15, 0.2) is 0 Å². The maximum absolute atomic E-state index is 12.8. The summed E-state index contributed by atoms with van der Waals surface area (Å²) in [6, 6.07) is 7.57. The lowest BCUT2D eigenvalue weighted by Gasteiger charge is -2.22. The molecular formula is C19H26N6O3. The Morgan fingerprint density at radius 1 is 1.11 bits per heavy atom. The van der Waals surface area contributed by atoms with Crippen molar-refractivity contribution in [2.24, 2.45) is 5.73 Å². The minimum absolute atomic E-state index is 0.145. The van der Waals surface area contributed by atoms with Crippen LogP contribution in [-0.2, 0) is 27.2 Å². The second-order valence-electron chi connectivity index (χ2n) is 6.79. The van der Waals surface area contributed by atoms with E-state index < -0.39 is 23.9 Å². The van der Waals surface area contributed by atoms with Gasteiger partial charge in [0.25, 0.3) is 0 Å². The van der Waals surface area contributed by atoms with Crippen molar-refractivity contribution in [2.45, 2.75) is 24.9 Å². The summed E-state index contributed by atoms with van der Waals surface area (Å²) in [6.07, 6.45) is 3.52. The molecule has 0 aliphatic rings. The molecule has 1 heterocycles. The fourth-order valence-corrected chi connectivity index (χ4v) is 2.70. The number of aromatic nitrogens is 2. The van der Waals surface area contributed by atoms with Crippen molar-refractivity contribution in [1.29, 1.82) is 0 Å². The van der Waals surface area contributed by atoms with E-state index in [2.05, 4.69) is 20.6 Å². The monoisotopic (exact) mass is 386 g/mol. The summed E-state index contributed by atoms with van der Waals surface area (Å²) in [4.78, 5) is 45.3. The molecule has 5 N–H and O–H groups in total. The summed E-state index contributed by atoms with van der Waals surface area (Å²) in [5.41, 5.74) is 6.99. The minimum atomic E-state index is -0.919. The lowest BCUT2D eigenvalue weighted by atomic mass is 10.0. The molecule has 0 saturated heterocycles. The molecule has 150 valence electrons. The second kappa shape index (κ2) is 10.2. The first-order valence-electron chi connectivity index (χ1n) is 8.90. The third-order valence-corrected chi connectivity index (χ3v) is 4.03. The number of nitrogens with zero attached hydrogens (tertiary/aromatic N) is 2. The van der Waals surface area contributed by atoms with Crippen molar-refractivity contribution in [3.05, 3.63) is 54.1 Å². The van der Waals surface area contributed by atoms with Gasteiger partial charge in [0.1, 0.15) is 12.1 Å². The molecule has 1 aromatic heterocycles. The van der Waals surface area contributed by atoms with Crippen molar-refractivity contribution >= 4 is 17.7 Å². The van der Waals surface area contributed by atoms with E-state index >= 15 is 0 Å². The Morgan fingerprint density at radius 2 is 1.82 bits per heavy atom. The van der Waals surface area contributed by atoms with Crippen LogP contribution in [0.3, 0.4) is 0 Å². The van der Waals surface area contributed by atoms with E-state index in [1.54, 1.807) is 25.2 Å². The van der Waals surface area contributed by atoms with Gasteiger partial charge >= 0.3 is 0 Å². The number of nitrogens with one attached hydrogen (secondary N) is 3. The van der Waals surface area contributed by atoms with Gasteiger partial charge in [-0.05, 0) is 19.7 Å². The molecule has 0 aliphatic heterocycles. The van der Waals surface area contributed by atoms with E-state index in [0.29, 0.717) is 12.1 Å². The van der Waals surface area contributed by atoms with Crippen LogP contribution in [0.1, 0.15) is 11.3 Å². The molecule has 3 amide bonds. The summed E-state index contributed by atoms with van der Waals surface area (Å²) in [5, 5.41) is 5.38. The number of hydrogen-bond donors (Lipinski definition) is 4. The molecule has 0 spiro atoms. The number of nitrogens with two attached hydrogens (primary N) is 1. The van der Waals surface area contributed by atoms with Crippen LogP contribution >= 0.6 is 0 Å². The number of amides is 3. The number of hydrogen-bond acceptors (Lipinski definition) is 5. The van der Waals surface area contributed by atoms with E-state index in [9.17, 15) is 14.4 Å². The number of carbonyl (C=O) groups excluding carboxylic acids is 3. The summed E-state index contributed by atoms with van der Waals surface area (Å²) in [6.45, 7) is 0.145. The maximum atomic E-state index is 12.8. The largest absolute Gasteiger partial charge is 0.368 e. The highest BCUT2D eigenvalue weighted by Gasteiger charge is 2.26. The van der Waals surface area contributed by atoms with Crippen LogP contribution in [0.4, 0.5) is 0 Å². The van der Waals surface area contributed by atoms with Crippen molar-refractivity contribution in [3.63, 3.8) is 0 Å². The van der Waals surface area contributed by atoms with E-state index in [0.717, 1.165) is 5.56 Å². The highest BCUT2D eigenvalue weighted by atomic mass is 16.2. The van der Waals surface area contributed by atoms with Crippen molar-refractivity contribution in [2.75, 3.05) is 20.6 Å². The third-order valence-electron chi connectivity index (χ3n) is 4.03. The Bertz CT molecular complexity index is 776. The first kappa shape index (κ1) is 21.1. The van der Waals surface area contributed by atoms with E-state index in [4.69, 9.17) is 5.73 Å². The lowest BCUT2D eigenvalue weighted by Crippen LogP contribution is -2.55. The Balaban J connectivity index is 2.11. The van der Waals surface area contributed by atoms with Gasteiger partial charge in [0.2, 0.25) is 17.7 Å². The van der Waals surface area contributed by atoms with Crippen LogP contribution in [0.25, 0.3) is 0 Å². The standard InChI is InChI=1S/C19H26N6O3/c1-25(2)11-17(26)23-16(8-13-6-4-3-5-7-13)19(28)24-15(18(20)27)9-14-10-21-12-22-14/h3-7,10,12,15-16H,8-9,11H2,1-2H3,(H2,20,27)(H,21,22)(H,23,26)(H,24,28)/t15-,16-/m0/s1. The molecule has 0 radical (unpaired) electrons. The fraction of sp³-hybridized carbons (Fsp3) is 0.368. The lowest BCUT2D eigenvalue weighted by molar-refractivity contribution is -0.131. The van der Waals surface area contributed by atoms with Gasteiger partial charge in [-0.25, -0.2) is 4.98 Å². The van der Waals surface area contributed by atoms with Crippen molar-refractivity contribution in [3.8, 4) is 0 Å². The topological polar surface area (TPSA) is 133 Å². The average Bonchev–Trinajstić information content (AvgIpc) is 3.13. The average molecular weight is 386 g/mol. The van der Waals surface area contributed by atoms with E-state index in [-0.39, 0.29) is 18.9 Å². The molecule has 1 aromatic carbocycles. The van der Waals surface area contributed by atoms with Crippen LogP contribution in [-0.4, -0.2) is 65.3 Å². The van der Waals surface area contributed by atoms with E-state index in [1.807, 2.05) is 30.3 Å². The summed E-state index contributed by atoms with van der Waals surface area (Å²) in [7, 11) is 3.53. The Morgan fingerprint density at radius 3 is 2.39 bits per heavy atom. The first-order valence-corrected chi connectivity index (χ1v) is 8.90. The SMILES string of the molecule is CN(C)CC(=O)N[C@@H](Cc1ccccc1)C(=O)N[C@@H](Cc1cnc[nH]1)C(N)=O. The third kappa shape index (κ3) is 6.84. The molecule has 2 rings (SSSR count). The highest BCUT2D eigenvalue weighted by molar-refractivity contribution is 5.92. The first-order chi connectivity index (χ1) is 13.3. The normalized spacial score (nSPS) is 13.0. The summed E-state index contributed by atoms with van der Waals surface area (Å²) < 4.78 is 0. The highest BCUT2D eigenvalue weighted by Crippen LogP contribution is 2.05. The Kier molecular flexibility index (Phi) is 7.70. The molecule has 0 bridgehead atoms. The zero-order chi connectivity index (χ0) is 20.5. The number of imidazole rings is 1. The van der Waals surface area contributed by atoms with Gasteiger partial charge < -0.3 is 26.3 Å². The number of H-pyrrole nitrogens is 1.